The van der Waals surface area contributed by atoms with Crippen molar-refractivity contribution in [1.29, 1.82) is 0 Å². The largest absolute Gasteiger partial charge is 0.417 e. The van der Waals surface area contributed by atoms with E-state index in [4.69, 9.17) is 5.73 Å². The molecule has 0 fully saturated rings. The summed E-state index contributed by atoms with van der Waals surface area (Å²) in [5.74, 6) is -0.966. The third-order valence-electron chi connectivity index (χ3n) is 2.09. The Balaban J connectivity index is 3.66. The zero-order valence-corrected chi connectivity index (χ0v) is 8.61. The standard InChI is InChI=1S/C10H8F5NO/c1-4(17)6-2-5(16)3-7(9(11)12)8(6)10(13,14)15/h2-3,9H,16H2,1H3. The van der Waals surface area contributed by atoms with Crippen LogP contribution in [0.2, 0.25) is 0 Å². The van der Waals surface area contributed by atoms with Crippen molar-refractivity contribution < 1.29 is 26.7 Å². The Kier molecular flexibility index (Phi) is 3.40. The van der Waals surface area contributed by atoms with Gasteiger partial charge in [-0.3, -0.25) is 4.79 Å². The first-order valence-electron chi connectivity index (χ1n) is 4.44. The summed E-state index contributed by atoms with van der Waals surface area (Å²) in [5.41, 5.74) is 1.16. The summed E-state index contributed by atoms with van der Waals surface area (Å²) in [6.45, 7) is 0.860. The highest BCUT2D eigenvalue weighted by atomic mass is 19.4. The van der Waals surface area contributed by atoms with Gasteiger partial charge in [-0.15, -0.1) is 0 Å². The molecule has 0 aliphatic carbocycles. The molecule has 0 heterocycles. The van der Waals surface area contributed by atoms with Crippen LogP contribution < -0.4 is 5.73 Å². The van der Waals surface area contributed by atoms with Crippen LogP contribution >= 0.6 is 0 Å². The summed E-state index contributed by atoms with van der Waals surface area (Å²) in [7, 11) is 0. The first kappa shape index (κ1) is 13.4. The Hall–Kier alpha value is -1.66. The van der Waals surface area contributed by atoms with Crippen LogP contribution in [0.4, 0.5) is 27.6 Å². The highest BCUT2D eigenvalue weighted by Gasteiger charge is 2.39. The maximum atomic E-state index is 12.6. The monoisotopic (exact) mass is 253 g/mol. The SMILES string of the molecule is CC(=O)c1cc(N)cc(C(F)F)c1C(F)(F)F. The number of Topliss-reactive ketones (excluding diaryl/α,β-unsaturated/α-hetero) is 1. The number of anilines is 1. The second-order valence-electron chi connectivity index (χ2n) is 3.39. The summed E-state index contributed by atoms with van der Waals surface area (Å²) in [5, 5.41) is 0. The molecule has 0 unspecified atom stereocenters. The van der Waals surface area contributed by atoms with Gasteiger partial charge in [0.2, 0.25) is 0 Å². The molecule has 0 aromatic heterocycles. The maximum Gasteiger partial charge on any atom is 0.417 e. The van der Waals surface area contributed by atoms with Crippen molar-refractivity contribution >= 4 is 11.5 Å². The molecule has 1 aromatic carbocycles. The minimum atomic E-state index is -5.03. The molecule has 0 amide bonds. The number of halogens is 5. The van der Waals surface area contributed by atoms with Gasteiger partial charge in [0.05, 0.1) is 5.56 Å². The second kappa shape index (κ2) is 4.31. The number of carbonyl (C=O) groups is 1. The second-order valence-corrected chi connectivity index (χ2v) is 3.39. The predicted molar refractivity (Wildman–Crippen MR) is 50.8 cm³/mol. The number of rotatable bonds is 2. The van der Waals surface area contributed by atoms with E-state index in [1.54, 1.807) is 0 Å². The van der Waals surface area contributed by atoms with Gasteiger partial charge in [0.25, 0.3) is 6.43 Å². The van der Waals surface area contributed by atoms with E-state index in [-0.39, 0.29) is 5.69 Å². The van der Waals surface area contributed by atoms with Crippen LogP contribution in [0.3, 0.4) is 0 Å². The lowest BCUT2D eigenvalue weighted by Gasteiger charge is -2.16. The van der Waals surface area contributed by atoms with Crippen molar-refractivity contribution in [3.63, 3.8) is 0 Å². The summed E-state index contributed by atoms with van der Waals surface area (Å²) in [4.78, 5) is 11.0. The Bertz CT molecular complexity index is 453. The van der Waals surface area contributed by atoms with Crippen LogP contribution in [0.25, 0.3) is 0 Å². The number of ketones is 1. The summed E-state index contributed by atoms with van der Waals surface area (Å²) in [6, 6.07) is 1.27. The Morgan fingerprint density at radius 1 is 1.29 bits per heavy atom. The molecule has 2 N–H and O–H groups in total. The van der Waals surface area contributed by atoms with Crippen LogP contribution in [-0.2, 0) is 6.18 Å². The van der Waals surface area contributed by atoms with Crippen molar-refractivity contribution in [2.75, 3.05) is 5.73 Å². The topological polar surface area (TPSA) is 43.1 Å². The van der Waals surface area contributed by atoms with Gasteiger partial charge in [-0.25, -0.2) is 8.78 Å². The van der Waals surface area contributed by atoms with Crippen LogP contribution in [0, 0.1) is 0 Å². The van der Waals surface area contributed by atoms with Gasteiger partial charge in [-0.1, -0.05) is 0 Å². The van der Waals surface area contributed by atoms with Crippen molar-refractivity contribution in [1.82, 2.24) is 0 Å². The summed E-state index contributed by atoms with van der Waals surface area (Å²) in [6.07, 6.45) is -8.38. The molecule has 0 spiro atoms. The molecular formula is C10H8F5NO. The molecule has 0 atom stereocenters. The number of nitrogen functional groups attached to an aromatic ring is 1. The fourth-order valence-corrected chi connectivity index (χ4v) is 1.45. The molecule has 0 aliphatic heterocycles. The number of carbonyl (C=O) groups excluding carboxylic acids is 1. The molecule has 1 rings (SSSR count). The number of alkyl halides is 5. The number of hydrogen-bond acceptors (Lipinski definition) is 2. The first-order chi connectivity index (χ1) is 7.64. The number of nitrogens with two attached hydrogens (primary N) is 1. The van der Waals surface area contributed by atoms with Crippen molar-refractivity contribution in [3.05, 3.63) is 28.8 Å². The van der Waals surface area contributed by atoms with Crippen LogP contribution in [0.15, 0.2) is 12.1 Å². The molecule has 17 heavy (non-hydrogen) atoms. The van der Waals surface area contributed by atoms with E-state index in [0.717, 1.165) is 13.0 Å². The number of hydrogen-bond donors (Lipinski definition) is 1. The van der Waals surface area contributed by atoms with Crippen molar-refractivity contribution in [2.45, 2.75) is 19.5 Å². The molecule has 0 aliphatic rings. The summed E-state index contributed by atoms with van der Waals surface area (Å²) < 4.78 is 62.9. The number of benzene rings is 1. The molecule has 2 nitrogen and oxygen atoms in total. The van der Waals surface area contributed by atoms with E-state index >= 15 is 0 Å². The molecule has 7 heteroatoms. The molecule has 0 radical (unpaired) electrons. The van der Waals surface area contributed by atoms with Gasteiger partial charge in [-0.05, 0) is 19.1 Å². The highest BCUT2D eigenvalue weighted by Crippen LogP contribution is 2.40. The van der Waals surface area contributed by atoms with Gasteiger partial charge >= 0.3 is 6.18 Å². The van der Waals surface area contributed by atoms with E-state index in [9.17, 15) is 26.7 Å². The van der Waals surface area contributed by atoms with E-state index in [2.05, 4.69) is 0 Å². The van der Waals surface area contributed by atoms with Crippen LogP contribution in [0.5, 0.6) is 0 Å². The predicted octanol–water partition coefficient (Wildman–Crippen LogP) is 3.43. The fraction of sp³-hybridized carbons (Fsp3) is 0.300. The van der Waals surface area contributed by atoms with E-state index in [1.807, 2.05) is 0 Å². The Morgan fingerprint density at radius 2 is 1.82 bits per heavy atom. The third-order valence-corrected chi connectivity index (χ3v) is 2.09. The Morgan fingerprint density at radius 3 is 2.18 bits per heavy atom. The zero-order chi connectivity index (χ0) is 13.4. The summed E-state index contributed by atoms with van der Waals surface area (Å²) >= 11 is 0. The molecule has 0 saturated heterocycles. The average molecular weight is 253 g/mol. The van der Waals surface area contributed by atoms with Crippen LogP contribution in [-0.4, -0.2) is 5.78 Å². The van der Waals surface area contributed by atoms with Crippen LogP contribution in [0.1, 0.15) is 34.8 Å². The van der Waals surface area contributed by atoms with Crippen molar-refractivity contribution in [3.8, 4) is 0 Å². The molecule has 0 saturated carbocycles. The molecule has 0 bridgehead atoms. The van der Waals surface area contributed by atoms with E-state index in [1.165, 1.54) is 0 Å². The minimum Gasteiger partial charge on any atom is -0.399 e. The lowest BCUT2D eigenvalue weighted by Crippen LogP contribution is -2.16. The lowest BCUT2D eigenvalue weighted by atomic mass is 9.97. The molecule has 1 aromatic rings. The highest BCUT2D eigenvalue weighted by molar-refractivity contribution is 5.97. The van der Waals surface area contributed by atoms with Gasteiger partial charge < -0.3 is 5.73 Å². The van der Waals surface area contributed by atoms with E-state index < -0.39 is 35.1 Å². The maximum absolute atomic E-state index is 12.6. The fourth-order valence-electron chi connectivity index (χ4n) is 1.45. The van der Waals surface area contributed by atoms with Gasteiger partial charge in [-0.2, -0.15) is 13.2 Å². The minimum absolute atomic E-state index is 0.307. The van der Waals surface area contributed by atoms with Crippen molar-refractivity contribution in [2.24, 2.45) is 0 Å². The van der Waals surface area contributed by atoms with Gasteiger partial charge in [0.15, 0.2) is 5.78 Å². The van der Waals surface area contributed by atoms with E-state index in [0.29, 0.717) is 6.07 Å². The Labute approximate surface area is 93.2 Å². The normalized spacial score (nSPS) is 11.9. The molecular weight excluding hydrogens is 245 g/mol. The van der Waals surface area contributed by atoms with Gasteiger partial charge in [0.1, 0.15) is 0 Å². The zero-order valence-electron chi connectivity index (χ0n) is 8.61. The quantitative estimate of drug-likeness (QED) is 0.498. The first-order valence-corrected chi connectivity index (χ1v) is 4.44. The average Bonchev–Trinajstić information content (AvgIpc) is 2.14. The third kappa shape index (κ3) is 2.72. The van der Waals surface area contributed by atoms with Gasteiger partial charge in [0, 0.05) is 16.8 Å². The smallest absolute Gasteiger partial charge is 0.399 e. The lowest BCUT2D eigenvalue weighted by molar-refractivity contribution is -0.139. The molecule has 94 valence electrons.